The molecule has 1 heterocycles. The molecule has 3 nitrogen and oxygen atoms in total. The number of amides is 1. The van der Waals surface area contributed by atoms with E-state index in [2.05, 4.69) is 12.2 Å². The van der Waals surface area contributed by atoms with E-state index >= 15 is 0 Å². The Bertz CT molecular complexity index is 403. The summed E-state index contributed by atoms with van der Waals surface area (Å²) in [6.45, 7) is 3.49. The van der Waals surface area contributed by atoms with Crippen molar-refractivity contribution in [3.8, 4) is 0 Å². The zero-order chi connectivity index (χ0) is 12.8. The summed E-state index contributed by atoms with van der Waals surface area (Å²) in [5, 5.41) is 3.16. The zero-order valence-electron chi connectivity index (χ0n) is 11.1. The smallest absolute Gasteiger partial charge is 0.246 e. The standard InChI is InChI=1S/C15H22N2O/c1-2-3-4-5-8-11-17-14-10-7-6-9-13(14)16-12-15(17)18/h6-7,9-10,16H,2-5,8,11-12H2,1H3. The van der Waals surface area contributed by atoms with Gasteiger partial charge in [0.2, 0.25) is 5.91 Å². The number of para-hydroxylation sites is 2. The van der Waals surface area contributed by atoms with E-state index in [4.69, 9.17) is 0 Å². The highest BCUT2D eigenvalue weighted by atomic mass is 16.2. The van der Waals surface area contributed by atoms with Gasteiger partial charge in [-0.25, -0.2) is 0 Å². The van der Waals surface area contributed by atoms with Crippen LogP contribution in [0.4, 0.5) is 11.4 Å². The van der Waals surface area contributed by atoms with Crippen LogP contribution in [0, 0.1) is 0 Å². The number of fused-ring (bicyclic) bond motifs is 1. The van der Waals surface area contributed by atoms with Gasteiger partial charge in [-0.05, 0) is 18.6 Å². The van der Waals surface area contributed by atoms with Gasteiger partial charge in [0, 0.05) is 6.54 Å². The van der Waals surface area contributed by atoms with Crippen LogP contribution in [0.15, 0.2) is 24.3 Å². The number of benzene rings is 1. The van der Waals surface area contributed by atoms with E-state index in [0.29, 0.717) is 6.54 Å². The molecular weight excluding hydrogens is 224 g/mol. The van der Waals surface area contributed by atoms with Gasteiger partial charge < -0.3 is 10.2 Å². The Labute approximate surface area is 109 Å². The molecule has 0 saturated heterocycles. The number of carbonyl (C=O) groups is 1. The minimum absolute atomic E-state index is 0.184. The maximum atomic E-state index is 11.9. The lowest BCUT2D eigenvalue weighted by Gasteiger charge is -2.30. The van der Waals surface area contributed by atoms with E-state index in [9.17, 15) is 4.79 Å². The van der Waals surface area contributed by atoms with Crippen LogP contribution in [0.1, 0.15) is 39.0 Å². The summed E-state index contributed by atoms with van der Waals surface area (Å²) < 4.78 is 0. The van der Waals surface area contributed by atoms with Crippen molar-refractivity contribution < 1.29 is 4.79 Å². The average Bonchev–Trinajstić information content (AvgIpc) is 2.41. The summed E-state index contributed by atoms with van der Waals surface area (Å²) in [6, 6.07) is 8.04. The molecule has 0 aliphatic carbocycles. The van der Waals surface area contributed by atoms with Crippen molar-refractivity contribution in [2.75, 3.05) is 23.3 Å². The first-order valence-corrected chi connectivity index (χ1v) is 6.96. The number of carbonyl (C=O) groups excluding carboxylic acids is 1. The van der Waals surface area contributed by atoms with Crippen molar-refractivity contribution in [2.24, 2.45) is 0 Å². The number of anilines is 2. The van der Waals surface area contributed by atoms with Crippen molar-refractivity contribution in [1.82, 2.24) is 0 Å². The molecule has 1 aliphatic heterocycles. The van der Waals surface area contributed by atoms with Crippen molar-refractivity contribution in [3.63, 3.8) is 0 Å². The number of unbranched alkanes of at least 4 members (excludes halogenated alkanes) is 4. The van der Waals surface area contributed by atoms with E-state index in [1.54, 1.807) is 0 Å². The first-order chi connectivity index (χ1) is 8.83. The monoisotopic (exact) mass is 246 g/mol. The van der Waals surface area contributed by atoms with Gasteiger partial charge in [-0.3, -0.25) is 4.79 Å². The van der Waals surface area contributed by atoms with Gasteiger partial charge in [0.25, 0.3) is 0 Å². The minimum atomic E-state index is 0.184. The molecule has 0 fully saturated rings. The predicted molar refractivity (Wildman–Crippen MR) is 76.0 cm³/mol. The van der Waals surface area contributed by atoms with E-state index in [0.717, 1.165) is 24.3 Å². The number of rotatable bonds is 6. The molecule has 98 valence electrons. The molecule has 1 aromatic rings. The molecule has 0 unspecified atom stereocenters. The third-order valence-corrected chi connectivity index (χ3v) is 3.41. The fourth-order valence-electron chi connectivity index (χ4n) is 2.38. The fraction of sp³-hybridized carbons (Fsp3) is 0.533. The highest BCUT2D eigenvalue weighted by Gasteiger charge is 2.22. The van der Waals surface area contributed by atoms with Gasteiger partial charge in [0.05, 0.1) is 17.9 Å². The van der Waals surface area contributed by atoms with Crippen molar-refractivity contribution in [2.45, 2.75) is 39.0 Å². The van der Waals surface area contributed by atoms with E-state index in [1.165, 1.54) is 25.7 Å². The molecule has 1 aliphatic rings. The minimum Gasteiger partial charge on any atom is -0.374 e. The summed E-state index contributed by atoms with van der Waals surface area (Å²) in [4.78, 5) is 13.9. The molecule has 0 radical (unpaired) electrons. The van der Waals surface area contributed by atoms with Gasteiger partial charge in [-0.15, -0.1) is 0 Å². The normalized spacial score (nSPS) is 14.3. The molecule has 0 saturated carbocycles. The lowest BCUT2D eigenvalue weighted by Crippen LogP contribution is -2.40. The quantitative estimate of drug-likeness (QED) is 0.780. The molecule has 1 N–H and O–H groups in total. The van der Waals surface area contributed by atoms with Gasteiger partial charge in [-0.2, -0.15) is 0 Å². The van der Waals surface area contributed by atoms with E-state index in [1.807, 2.05) is 29.2 Å². The summed E-state index contributed by atoms with van der Waals surface area (Å²) in [5.41, 5.74) is 2.11. The fourth-order valence-corrected chi connectivity index (χ4v) is 2.38. The van der Waals surface area contributed by atoms with E-state index < -0.39 is 0 Å². The van der Waals surface area contributed by atoms with Crippen LogP contribution in [0.2, 0.25) is 0 Å². The highest BCUT2D eigenvalue weighted by molar-refractivity contribution is 6.02. The van der Waals surface area contributed by atoms with Crippen LogP contribution in [0.5, 0.6) is 0 Å². The van der Waals surface area contributed by atoms with Gasteiger partial charge in [-0.1, -0.05) is 44.7 Å². The first-order valence-electron chi connectivity index (χ1n) is 6.96. The van der Waals surface area contributed by atoms with Gasteiger partial charge in [0.15, 0.2) is 0 Å². The molecule has 0 spiro atoms. The lowest BCUT2D eigenvalue weighted by molar-refractivity contribution is -0.117. The second-order valence-electron chi connectivity index (χ2n) is 4.83. The van der Waals surface area contributed by atoms with Crippen molar-refractivity contribution in [1.29, 1.82) is 0 Å². The Morgan fingerprint density at radius 3 is 2.78 bits per heavy atom. The highest BCUT2D eigenvalue weighted by Crippen LogP contribution is 2.29. The van der Waals surface area contributed by atoms with Crippen molar-refractivity contribution in [3.05, 3.63) is 24.3 Å². The third-order valence-electron chi connectivity index (χ3n) is 3.41. The summed E-state index contributed by atoms with van der Waals surface area (Å²) in [5.74, 6) is 0.184. The molecule has 0 bridgehead atoms. The molecule has 0 atom stereocenters. The third kappa shape index (κ3) is 3.03. The Morgan fingerprint density at radius 1 is 1.17 bits per heavy atom. The summed E-state index contributed by atoms with van der Waals surface area (Å²) in [7, 11) is 0. The van der Waals surface area contributed by atoms with E-state index in [-0.39, 0.29) is 5.91 Å². The molecule has 1 aromatic carbocycles. The SMILES string of the molecule is CCCCCCCN1C(=O)CNc2ccccc21. The maximum Gasteiger partial charge on any atom is 0.246 e. The largest absolute Gasteiger partial charge is 0.374 e. The summed E-state index contributed by atoms with van der Waals surface area (Å²) in [6.07, 6.45) is 6.15. The van der Waals surface area contributed by atoms with Crippen LogP contribution in [0.25, 0.3) is 0 Å². The number of nitrogens with one attached hydrogen (secondary N) is 1. The van der Waals surface area contributed by atoms with Gasteiger partial charge in [0.1, 0.15) is 0 Å². The van der Waals surface area contributed by atoms with Crippen LogP contribution < -0.4 is 10.2 Å². The second-order valence-corrected chi connectivity index (χ2v) is 4.83. The number of hydrogen-bond acceptors (Lipinski definition) is 2. The zero-order valence-corrected chi connectivity index (χ0v) is 11.1. The Morgan fingerprint density at radius 2 is 1.94 bits per heavy atom. The predicted octanol–water partition coefficient (Wildman–Crippen LogP) is 3.42. The number of nitrogens with zero attached hydrogens (tertiary/aromatic N) is 1. The van der Waals surface area contributed by atoms with Gasteiger partial charge >= 0.3 is 0 Å². The first kappa shape index (κ1) is 12.9. The molecule has 18 heavy (non-hydrogen) atoms. The molecule has 2 rings (SSSR count). The topological polar surface area (TPSA) is 32.3 Å². The average molecular weight is 246 g/mol. The maximum absolute atomic E-state index is 11.9. The van der Waals surface area contributed by atoms with Crippen LogP contribution in [0.3, 0.4) is 0 Å². The second kappa shape index (κ2) is 6.43. The van der Waals surface area contributed by atoms with Crippen molar-refractivity contribution >= 4 is 17.3 Å². The Balaban J connectivity index is 1.93. The molecule has 3 heteroatoms. The summed E-state index contributed by atoms with van der Waals surface area (Å²) >= 11 is 0. The Kier molecular flexibility index (Phi) is 4.62. The molecule has 0 aromatic heterocycles. The van der Waals surface area contributed by atoms with Crippen LogP contribution in [-0.2, 0) is 4.79 Å². The Hall–Kier alpha value is -1.51. The van der Waals surface area contributed by atoms with Crippen LogP contribution in [-0.4, -0.2) is 19.0 Å². The lowest BCUT2D eigenvalue weighted by atomic mass is 10.1. The van der Waals surface area contributed by atoms with Crippen LogP contribution >= 0.6 is 0 Å². The molecule has 1 amide bonds. The molecular formula is C15H22N2O. The number of hydrogen-bond donors (Lipinski definition) is 1.